The third-order valence-electron chi connectivity index (χ3n) is 1.68. The van der Waals surface area contributed by atoms with Crippen LogP contribution in [0.1, 0.15) is 34.1 Å². The van der Waals surface area contributed by atoms with E-state index in [-0.39, 0.29) is 5.54 Å². The van der Waals surface area contributed by atoms with Crippen molar-refractivity contribution in [3.63, 3.8) is 0 Å². The molecule has 0 aromatic rings. The zero-order valence-corrected chi connectivity index (χ0v) is 10.1. The first-order valence-electron chi connectivity index (χ1n) is 5.47. The largest absolute Gasteiger partial charge is 0.382 e. The Morgan fingerprint density at radius 1 is 1.00 bits per heavy atom. The van der Waals surface area contributed by atoms with Crippen LogP contribution >= 0.6 is 0 Å². The van der Waals surface area contributed by atoms with Crippen LogP contribution in [0.2, 0.25) is 0 Å². The minimum absolute atomic E-state index is 0.189. The van der Waals surface area contributed by atoms with Gasteiger partial charge in [-0.15, -0.1) is 0 Å². The third-order valence-corrected chi connectivity index (χ3v) is 1.68. The van der Waals surface area contributed by atoms with E-state index in [2.05, 4.69) is 26.1 Å². The molecule has 0 amide bonds. The Labute approximate surface area is 88.2 Å². The minimum atomic E-state index is 0.189. The maximum Gasteiger partial charge on any atom is 0.0591 e. The molecule has 0 bridgehead atoms. The highest BCUT2D eigenvalue weighted by molar-refractivity contribution is 4.69. The summed E-state index contributed by atoms with van der Waals surface area (Å²) in [5.74, 6) is 0. The molecule has 0 aliphatic heterocycles. The topological polar surface area (TPSA) is 30.5 Å². The minimum Gasteiger partial charge on any atom is -0.382 e. The second kappa shape index (κ2) is 8.21. The lowest BCUT2D eigenvalue weighted by Crippen LogP contribution is -2.38. The molecule has 0 aliphatic carbocycles. The molecular weight excluding hydrogens is 178 g/mol. The van der Waals surface area contributed by atoms with Crippen LogP contribution in [0, 0.1) is 0 Å². The quantitative estimate of drug-likeness (QED) is 0.610. The summed E-state index contributed by atoms with van der Waals surface area (Å²) in [7, 11) is 0. The maximum atomic E-state index is 5.43. The summed E-state index contributed by atoms with van der Waals surface area (Å²) in [6, 6.07) is 0. The van der Waals surface area contributed by atoms with Gasteiger partial charge in [0.25, 0.3) is 0 Å². The van der Waals surface area contributed by atoms with Crippen LogP contribution in [0.25, 0.3) is 0 Å². The van der Waals surface area contributed by atoms with E-state index < -0.39 is 0 Å². The van der Waals surface area contributed by atoms with E-state index >= 15 is 0 Å². The van der Waals surface area contributed by atoms with E-state index in [9.17, 15) is 0 Å². The van der Waals surface area contributed by atoms with Crippen LogP contribution in [0.15, 0.2) is 0 Å². The molecule has 14 heavy (non-hydrogen) atoms. The lowest BCUT2D eigenvalue weighted by atomic mass is 10.1. The molecule has 0 rings (SSSR count). The molecule has 0 aliphatic rings. The Morgan fingerprint density at radius 3 is 2.21 bits per heavy atom. The number of hydrogen-bond donors (Lipinski definition) is 1. The third kappa shape index (κ3) is 11.9. The summed E-state index contributed by atoms with van der Waals surface area (Å²) >= 11 is 0. The molecule has 0 spiro atoms. The van der Waals surface area contributed by atoms with Crippen LogP contribution < -0.4 is 5.32 Å². The first kappa shape index (κ1) is 13.9. The summed E-state index contributed by atoms with van der Waals surface area (Å²) in [6.07, 6.45) is 0.989. The van der Waals surface area contributed by atoms with Crippen molar-refractivity contribution in [2.45, 2.75) is 39.7 Å². The molecule has 0 saturated carbocycles. The van der Waals surface area contributed by atoms with Gasteiger partial charge >= 0.3 is 0 Å². The van der Waals surface area contributed by atoms with E-state index in [1.54, 1.807) is 0 Å². The molecule has 0 saturated heterocycles. The molecule has 3 nitrogen and oxygen atoms in total. The zero-order chi connectivity index (χ0) is 10.9. The molecule has 0 fully saturated rings. The van der Waals surface area contributed by atoms with Crippen LogP contribution in [-0.2, 0) is 9.47 Å². The smallest absolute Gasteiger partial charge is 0.0591 e. The zero-order valence-electron chi connectivity index (χ0n) is 10.1. The van der Waals surface area contributed by atoms with Crippen LogP contribution in [0.5, 0.6) is 0 Å². The molecule has 3 heteroatoms. The molecule has 1 N–H and O–H groups in total. The number of rotatable bonds is 8. The van der Waals surface area contributed by atoms with E-state index in [1.807, 2.05) is 6.92 Å². The van der Waals surface area contributed by atoms with Crippen molar-refractivity contribution >= 4 is 0 Å². The Kier molecular flexibility index (Phi) is 8.14. The lowest BCUT2D eigenvalue weighted by molar-refractivity contribution is 0.0870. The van der Waals surface area contributed by atoms with Crippen molar-refractivity contribution in [1.82, 2.24) is 5.32 Å². The van der Waals surface area contributed by atoms with Gasteiger partial charge in [0.15, 0.2) is 0 Å². The highest BCUT2D eigenvalue weighted by Gasteiger charge is 2.06. The molecule has 0 heterocycles. The number of hydrogen-bond acceptors (Lipinski definition) is 3. The summed E-state index contributed by atoms with van der Waals surface area (Å²) in [5, 5.41) is 3.37. The summed E-state index contributed by atoms with van der Waals surface area (Å²) in [4.78, 5) is 0. The van der Waals surface area contributed by atoms with Gasteiger partial charge < -0.3 is 14.8 Å². The molecule has 0 radical (unpaired) electrons. The maximum absolute atomic E-state index is 5.43. The fraction of sp³-hybridized carbons (Fsp3) is 1.00. The molecule has 0 atom stereocenters. The van der Waals surface area contributed by atoms with Crippen molar-refractivity contribution in [3.8, 4) is 0 Å². The van der Waals surface area contributed by atoms with E-state index in [1.165, 1.54) is 0 Å². The lowest BCUT2D eigenvalue weighted by Gasteiger charge is -2.20. The first-order chi connectivity index (χ1) is 6.56. The van der Waals surface area contributed by atoms with Gasteiger partial charge in [0.2, 0.25) is 0 Å². The predicted octanol–water partition coefficient (Wildman–Crippen LogP) is 1.82. The fourth-order valence-electron chi connectivity index (χ4n) is 1.01. The summed E-state index contributed by atoms with van der Waals surface area (Å²) < 4.78 is 10.6. The molecular formula is C11H25NO2. The Balaban J connectivity index is 2.99. The normalized spacial score (nSPS) is 12.0. The SMILES string of the molecule is CCOCCCOCCNC(C)(C)C. The average molecular weight is 203 g/mol. The van der Waals surface area contributed by atoms with Gasteiger partial charge in [-0.05, 0) is 34.1 Å². The van der Waals surface area contributed by atoms with Crippen molar-refractivity contribution in [1.29, 1.82) is 0 Å². The average Bonchev–Trinajstić information content (AvgIpc) is 2.08. The summed E-state index contributed by atoms with van der Waals surface area (Å²) in [6.45, 7) is 12.6. The van der Waals surface area contributed by atoms with Crippen molar-refractivity contribution < 1.29 is 9.47 Å². The molecule has 0 aromatic carbocycles. The first-order valence-corrected chi connectivity index (χ1v) is 5.47. The summed E-state index contributed by atoms with van der Waals surface area (Å²) in [5.41, 5.74) is 0.189. The Bertz CT molecular complexity index is 121. The second-order valence-corrected chi connectivity index (χ2v) is 4.34. The van der Waals surface area contributed by atoms with Crippen molar-refractivity contribution in [2.75, 3.05) is 33.0 Å². The Morgan fingerprint density at radius 2 is 1.64 bits per heavy atom. The van der Waals surface area contributed by atoms with Crippen LogP contribution in [0.4, 0.5) is 0 Å². The monoisotopic (exact) mass is 203 g/mol. The van der Waals surface area contributed by atoms with E-state index in [4.69, 9.17) is 9.47 Å². The predicted molar refractivity (Wildman–Crippen MR) is 59.7 cm³/mol. The Hall–Kier alpha value is -0.120. The van der Waals surface area contributed by atoms with Gasteiger partial charge in [-0.25, -0.2) is 0 Å². The number of nitrogens with one attached hydrogen (secondary N) is 1. The fourth-order valence-corrected chi connectivity index (χ4v) is 1.01. The van der Waals surface area contributed by atoms with Gasteiger partial charge in [-0.1, -0.05) is 0 Å². The highest BCUT2D eigenvalue weighted by Crippen LogP contribution is 1.96. The van der Waals surface area contributed by atoms with Gasteiger partial charge in [-0.2, -0.15) is 0 Å². The molecule has 86 valence electrons. The van der Waals surface area contributed by atoms with Gasteiger partial charge in [-0.3, -0.25) is 0 Å². The molecule has 0 unspecified atom stereocenters. The van der Waals surface area contributed by atoms with Crippen molar-refractivity contribution in [3.05, 3.63) is 0 Å². The van der Waals surface area contributed by atoms with E-state index in [0.717, 1.165) is 39.4 Å². The standard InChI is InChI=1S/C11H25NO2/c1-5-13-8-6-9-14-10-7-12-11(2,3)4/h12H,5-10H2,1-4H3. The van der Waals surface area contributed by atoms with Crippen LogP contribution in [0.3, 0.4) is 0 Å². The highest BCUT2D eigenvalue weighted by atomic mass is 16.5. The van der Waals surface area contributed by atoms with Gasteiger partial charge in [0, 0.05) is 31.9 Å². The van der Waals surface area contributed by atoms with Crippen molar-refractivity contribution in [2.24, 2.45) is 0 Å². The molecule has 0 aromatic heterocycles. The van der Waals surface area contributed by atoms with Crippen LogP contribution in [-0.4, -0.2) is 38.5 Å². The second-order valence-electron chi connectivity index (χ2n) is 4.34. The van der Waals surface area contributed by atoms with Gasteiger partial charge in [0.05, 0.1) is 6.61 Å². The number of ether oxygens (including phenoxy) is 2. The van der Waals surface area contributed by atoms with Gasteiger partial charge in [0.1, 0.15) is 0 Å². The van der Waals surface area contributed by atoms with E-state index in [0.29, 0.717) is 0 Å².